The van der Waals surface area contributed by atoms with Gasteiger partial charge in [0.15, 0.2) is 0 Å². The summed E-state index contributed by atoms with van der Waals surface area (Å²) in [6, 6.07) is 4.79. The van der Waals surface area contributed by atoms with E-state index in [0.29, 0.717) is 16.9 Å². The second-order valence-corrected chi connectivity index (χ2v) is 6.85. The Labute approximate surface area is 126 Å². The average Bonchev–Trinajstić information content (AvgIpc) is 2.80. The van der Waals surface area contributed by atoms with Crippen molar-refractivity contribution in [1.82, 2.24) is 5.32 Å². The first-order chi connectivity index (χ1) is 9.56. The van der Waals surface area contributed by atoms with E-state index in [1.807, 2.05) is 6.07 Å². The van der Waals surface area contributed by atoms with Crippen molar-refractivity contribution in [3.05, 3.63) is 34.6 Å². The van der Waals surface area contributed by atoms with Crippen LogP contribution in [-0.4, -0.2) is 13.1 Å². The molecule has 0 amide bonds. The van der Waals surface area contributed by atoms with Gasteiger partial charge < -0.3 is 5.32 Å². The quantitative estimate of drug-likeness (QED) is 0.803. The van der Waals surface area contributed by atoms with Crippen LogP contribution >= 0.6 is 11.6 Å². The molecule has 112 valence electrons. The lowest BCUT2D eigenvalue weighted by Gasteiger charge is -2.21. The normalized spacial score (nSPS) is 22.6. The van der Waals surface area contributed by atoms with E-state index < -0.39 is 0 Å². The summed E-state index contributed by atoms with van der Waals surface area (Å²) in [5, 5.41) is 4.15. The van der Waals surface area contributed by atoms with Gasteiger partial charge in [0.25, 0.3) is 0 Å². The van der Waals surface area contributed by atoms with Crippen LogP contribution in [-0.2, 0) is 6.42 Å². The maximum Gasteiger partial charge on any atom is 0.124 e. The van der Waals surface area contributed by atoms with Crippen LogP contribution in [0, 0.1) is 23.6 Å². The molecule has 0 bridgehead atoms. The fraction of sp³-hybridized carbons (Fsp3) is 0.647. The molecule has 0 heterocycles. The zero-order valence-corrected chi connectivity index (χ0v) is 13.2. The molecule has 1 nitrogen and oxygen atoms in total. The van der Waals surface area contributed by atoms with Gasteiger partial charge in [-0.2, -0.15) is 0 Å². The van der Waals surface area contributed by atoms with Gasteiger partial charge in [-0.05, 0) is 67.8 Å². The number of hydrogen-bond acceptors (Lipinski definition) is 1. The summed E-state index contributed by atoms with van der Waals surface area (Å²) >= 11 is 6.15. The molecule has 2 unspecified atom stereocenters. The van der Waals surface area contributed by atoms with Crippen LogP contribution in [0.25, 0.3) is 0 Å². The molecule has 1 N–H and O–H groups in total. The first kappa shape index (κ1) is 15.8. The van der Waals surface area contributed by atoms with Crippen LogP contribution in [0.2, 0.25) is 5.02 Å². The molecule has 0 spiro atoms. The van der Waals surface area contributed by atoms with Crippen LogP contribution in [0.15, 0.2) is 18.2 Å². The third-order valence-corrected chi connectivity index (χ3v) is 4.62. The number of benzene rings is 1. The number of hydrogen-bond donors (Lipinski definition) is 1. The number of nitrogens with one attached hydrogen (secondary N) is 1. The summed E-state index contributed by atoms with van der Waals surface area (Å²) in [5.41, 5.74) is 1.09. The van der Waals surface area contributed by atoms with Crippen LogP contribution in [0.3, 0.4) is 0 Å². The predicted octanol–water partition coefficient (Wildman–Crippen LogP) is 4.68. The highest BCUT2D eigenvalue weighted by Crippen LogP contribution is 2.35. The van der Waals surface area contributed by atoms with E-state index in [-0.39, 0.29) is 5.82 Å². The molecular weight excluding hydrogens is 273 g/mol. The Morgan fingerprint density at radius 2 is 2.05 bits per heavy atom. The third-order valence-electron chi connectivity index (χ3n) is 4.27. The minimum absolute atomic E-state index is 0.250. The second-order valence-electron chi connectivity index (χ2n) is 6.44. The van der Waals surface area contributed by atoms with Gasteiger partial charge >= 0.3 is 0 Å². The topological polar surface area (TPSA) is 12.0 Å². The monoisotopic (exact) mass is 297 g/mol. The zero-order chi connectivity index (χ0) is 14.5. The Bertz CT molecular complexity index is 433. The lowest BCUT2D eigenvalue weighted by molar-refractivity contribution is 0.357. The molecule has 1 aliphatic carbocycles. The SMILES string of the molecule is CC(C)CNCC1CCCC1Cc1ccc(F)cc1Cl. The zero-order valence-electron chi connectivity index (χ0n) is 12.5. The van der Waals surface area contributed by atoms with Gasteiger partial charge in [0, 0.05) is 5.02 Å². The third kappa shape index (κ3) is 4.46. The second kappa shape index (κ2) is 7.42. The van der Waals surface area contributed by atoms with Crippen molar-refractivity contribution in [2.45, 2.75) is 39.5 Å². The molecule has 1 fully saturated rings. The number of rotatable bonds is 6. The summed E-state index contributed by atoms with van der Waals surface area (Å²) < 4.78 is 13.1. The Morgan fingerprint density at radius 1 is 1.30 bits per heavy atom. The van der Waals surface area contributed by atoms with Gasteiger partial charge in [-0.15, -0.1) is 0 Å². The highest BCUT2D eigenvalue weighted by molar-refractivity contribution is 6.31. The largest absolute Gasteiger partial charge is 0.316 e. The van der Waals surface area contributed by atoms with E-state index in [1.54, 1.807) is 0 Å². The van der Waals surface area contributed by atoms with Crippen molar-refractivity contribution in [3.63, 3.8) is 0 Å². The molecule has 1 aromatic rings. The molecule has 1 aromatic carbocycles. The van der Waals surface area contributed by atoms with E-state index in [4.69, 9.17) is 11.6 Å². The van der Waals surface area contributed by atoms with E-state index in [0.717, 1.165) is 31.0 Å². The van der Waals surface area contributed by atoms with Gasteiger partial charge in [0.05, 0.1) is 0 Å². The fourth-order valence-corrected chi connectivity index (χ4v) is 3.42. The van der Waals surface area contributed by atoms with Crippen molar-refractivity contribution >= 4 is 11.6 Å². The minimum atomic E-state index is -0.250. The molecule has 2 rings (SSSR count). The van der Waals surface area contributed by atoms with E-state index in [9.17, 15) is 4.39 Å². The summed E-state index contributed by atoms with van der Waals surface area (Å²) in [7, 11) is 0. The molecule has 0 aromatic heterocycles. The van der Waals surface area contributed by atoms with Crippen LogP contribution in [0.4, 0.5) is 4.39 Å². The van der Waals surface area contributed by atoms with E-state index in [2.05, 4.69) is 19.2 Å². The van der Waals surface area contributed by atoms with Crippen LogP contribution < -0.4 is 5.32 Å². The number of halogens is 2. The van der Waals surface area contributed by atoms with Gasteiger partial charge in [-0.1, -0.05) is 37.9 Å². The standard InChI is InChI=1S/C17H25ClFN/c1-12(2)10-20-11-15-5-3-4-13(15)8-14-6-7-16(19)9-17(14)18/h6-7,9,12-13,15,20H,3-5,8,10-11H2,1-2H3. The molecule has 1 aliphatic rings. The highest BCUT2D eigenvalue weighted by Gasteiger charge is 2.27. The lowest BCUT2D eigenvalue weighted by Crippen LogP contribution is -2.29. The fourth-order valence-electron chi connectivity index (χ4n) is 3.18. The Morgan fingerprint density at radius 3 is 2.75 bits per heavy atom. The summed E-state index contributed by atoms with van der Waals surface area (Å²) in [6.07, 6.45) is 4.85. The smallest absolute Gasteiger partial charge is 0.124 e. The Balaban J connectivity index is 1.90. The molecule has 0 aliphatic heterocycles. The van der Waals surface area contributed by atoms with Crippen molar-refractivity contribution in [2.24, 2.45) is 17.8 Å². The molecule has 1 saturated carbocycles. The molecular formula is C17H25ClFN. The average molecular weight is 298 g/mol. The predicted molar refractivity (Wildman–Crippen MR) is 83.7 cm³/mol. The van der Waals surface area contributed by atoms with E-state index in [1.165, 1.54) is 31.4 Å². The van der Waals surface area contributed by atoms with Gasteiger partial charge in [0.2, 0.25) is 0 Å². The Hall–Kier alpha value is -0.600. The molecule has 0 radical (unpaired) electrons. The molecule has 20 heavy (non-hydrogen) atoms. The van der Waals surface area contributed by atoms with Gasteiger partial charge in [-0.25, -0.2) is 4.39 Å². The van der Waals surface area contributed by atoms with Crippen molar-refractivity contribution in [2.75, 3.05) is 13.1 Å². The molecule has 2 atom stereocenters. The Kier molecular flexibility index (Phi) is 5.86. The maximum absolute atomic E-state index is 13.1. The lowest BCUT2D eigenvalue weighted by atomic mass is 9.89. The maximum atomic E-state index is 13.1. The van der Waals surface area contributed by atoms with Crippen LogP contribution in [0.5, 0.6) is 0 Å². The molecule has 3 heteroatoms. The van der Waals surface area contributed by atoms with E-state index >= 15 is 0 Å². The highest BCUT2D eigenvalue weighted by atomic mass is 35.5. The van der Waals surface area contributed by atoms with Crippen molar-refractivity contribution in [3.8, 4) is 0 Å². The first-order valence-corrected chi connectivity index (χ1v) is 8.08. The summed E-state index contributed by atoms with van der Waals surface area (Å²) in [5.74, 6) is 1.86. The summed E-state index contributed by atoms with van der Waals surface area (Å²) in [6.45, 7) is 6.65. The molecule has 0 saturated heterocycles. The summed E-state index contributed by atoms with van der Waals surface area (Å²) in [4.78, 5) is 0. The van der Waals surface area contributed by atoms with Crippen molar-refractivity contribution < 1.29 is 4.39 Å². The van der Waals surface area contributed by atoms with Crippen molar-refractivity contribution in [1.29, 1.82) is 0 Å². The van der Waals surface area contributed by atoms with Crippen LogP contribution in [0.1, 0.15) is 38.7 Å². The van der Waals surface area contributed by atoms with Gasteiger partial charge in [0.1, 0.15) is 5.82 Å². The first-order valence-electron chi connectivity index (χ1n) is 7.71. The minimum Gasteiger partial charge on any atom is -0.316 e. The van der Waals surface area contributed by atoms with Gasteiger partial charge in [-0.3, -0.25) is 0 Å².